The van der Waals surface area contributed by atoms with E-state index in [-0.39, 0.29) is 11.4 Å². The van der Waals surface area contributed by atoms with Gasteiger partial charge in [0, 0.05) is 11.0 Å². The summed E-state index contributed by atoms with van der Waals surface area (Å²) in [4.78, 5) is 0.263. The van der Waals surface area contributed by atoms with Crippen LogP contribution in [-0.4, -0.2) is 29.2 Å². The highest BCUT2D eigenvalue weighted by molar-refractivity contribution is 9.10. The van der Waals surface area contributed by atoms with Gasteiger partial charge < -0.3 is 9.47 Å². The zero-order valence-corrected chi connectivity index (χ0v) is 16.2. The van der Waals surface area contributed by atoms with Gasteiger partial charge in [0.1, 0.15) is 0 Å². The molecule has 2 aromatic rings. The number of hydrogen-bond donors (Lipinski definition) is 1. The molecule has 130 valence electrons. The molecule has 0 heterocycles. The first-order valence-electron chi connectivity index (χ1n) is 7.34. The molecule has 0 radical (unpaired) electrons. The number of sulfonamides is 1. The molecule has 0 atom stereocenters. The van der Waals surface area contributed by atoms with E-state index in [0.717, 1.165) is 15.6 Å². The Morgan fingerprint density at radius 3 is 2.21 bits per heavy atom. The highest BCUT2D eigenvalue weighted by Crippen LogP contribution is 2.33. The molecule has 2 rings (SSSR count). The quantitative estimate of drug-likeness (QED) is 0.755. The lowest BCUT2D eigenvalue weighted by molar-refractivity contribution is 0.354. The summed E-state index contributed by atoms with van der Waals surface area (Å²) >= 11 is 3.47. The van der Waals surface area contributed by atoms with Crippen molar-refractivity contribution in [1.82, 2.24) is 4.72 Å². The monoisotopic (exact) mass is 413 g/mol. The van der Waals surface area contributed by atoms with Gasteiger partial charge in [0.2, 0.25) is 10.0 Å². The van der Waals surface area contributed by atoms with E-state index in [1.165, 1.54) is 0 Å². The van der Waals surface area contributed by atoms with Crippen LogP contribution in [0, 0.1) is 6.92 Å². The van der Waals surface area contributed by atoms with Crippen molar-refractivity contribution < 1.29 is 17.9 Å². The summed E-state index contributed by atoms with van der Waals surface area (Å²) in [5.74, 6) is 1.23. The SMILES string of the molecule is COc1cc(Br)c(CCNS(=O)(=O)c2ccc(C)cc2)cc1OC. The largest absolute Gasteiger partial charge is 0.493 e. The molecule has 0 saturated heterocycles. The highest BCUT2D eigenvalue weighted by Gasteiger charge is 2.14. The lowest BCUT2D eigenvalue weighted by Gasteiger charge is -2.12. The molecule has 0 saturated carbocycles. The average molecular weight is 414 g/mol. The summed E-state index contributed by atoms with van der Waals surface area (Å²) in [6, 6.07) is 10.4. The molecular weight excluding hydrogens is 394 g/mol. The van der Waals surface area contributed by atoms with Gasteiger partial charge in [-0.25, -0.2) is 13.1 Å². The molecule has 0 aliphatic carbocycles. The average Bonchev–Trinajstić information content (AvgIpc) is 2.56. The molecular formula is C17H20BrNO4S. The molecule has 1 N–H and O–H groups in total. The van der Waals surface area contributed by atoms with Gasteiger partial charge in [-0.05, 0) is 43.2 Å². The third-order valence-corrected chi connectivity index (χ3v) is 5.79. The zero-order valence-electron chi connectivity index (χ0n) is 13.8. The van der Waals surface area contributed by atoms with Crippen LogP contribution in [0.2, 0.25) is 0 Å². The number of rotatable bonds is 7. The van der Waals surface area contributed by atoms with Crippen LogP contribution in [0.25, 0.3) is 0 Å². The van der Waals surface area contributed by atoms with Crippen LogP contribution in [-0.2, 0) is 16.4 Å². The van der Waals surface area contributed by atoms with Gasteiger partial charge in [0.15, 0.2) is 11.5 Å². The van der Waals surface area contributed by atoms with Gasteiger partial charge in [0.05, 0.1) is 19.1 Å². The Hall–Kier alpha value is -1.57. The fourth-order valence-electron chi connectivity index (χ4n) is 2.21. The lowest BCUT2D eigenvalue weighted by Crippen LogP contribution is -2.26. The van der Waals surface area contributed by atoms with E-state index in [4.69, 9.17) is 9.47 Å². The van der Waals surface area contributed by atoms with Crippen molar-refractivity contribution >= 4 is 26.0 Å². The van der Waals surface area contributed by atoms with E-state index in [1.54, 1.807) is 38.5 Å². The Bertz CT molecular complexity index is 804. The van der Waals surface area contributed by atoms with E-state index in [2.05, 4.69) is 20.7 Å². The van der Waals surface area contributed by atoms with Gasteiger partial charge in [0.25, 0.3) is 0 Å². The second kappa shape index (κ2) is 8.00. The standard InChI is InChI=1S/C17H20BrNO4S/c1-12-4-6-14(7-5-12)24(20,21)19-9-8-13-10-16(22-2)17(23-3)11-15(13)18/h4-7,10-11,19H,8-9H2,1-3H3. The topological polar surface area (TPSA) is 64.6 Å². The minimum atomic E-state index is -3.51. The van der Waals surface area contributed by atoms with E-state index < -0.39 is 10.0 Å². The summed E-state index contributed by atoms with van der Waals surface area (Å²) in [6.07, 6.45) is 0.520. The number of methoxy groups -OCH3 is 2. The fraction of sp³-hybridized carbons (Fsp3) is 0.294. The summed E-state index contributed by atoms with van der Waals surface area (Å²) in [7, 11) is -0.376. The molecule has 0 aliphatic rings. The summed E-state index contributed by atoms with van der Waals surface area (Å²) < 4.78 is 38.5. The molecule has 24 heavy (non-hydrogen) atoms. The summed E-state index contributed by atoms with van der Waals surface area (Å²) in [5.41, 5.74) is 1.95. The molecule has 0 unspecified atom stereocenters. The van der Waals surface area contributed by atoms with E-state index >= 15 is 0 Å². The number of ether oxygens (including phenoxy) is 2. The van der Waals surface area contributed by atoms with Crippen LogP contribution in [0.15, 0.2) is 45.8 Å². The zero-order chi connectivity index (χ0) is 17.7. The van der Waals surface area contributed by atoms with Gasteiger partial charge in [-0.15, -0.1) is 0 Å². The Labute approximate surface area is 151 Å². The molecule has 0 amide bonds. The fourth-order valence-corrected chi connectivity index (χ4v) is 3.76. The Morgan fingerprint density at radius 2 is 1.62 bits per heavy atom. The van der Waals surface area contributed by atoms with E-state index in [1.807, 2.05) is 19.1 Å². The van der Waals surface area contributed by atoms with Gasteiger partial charge >= 0.3 is 0 Å². The molecule has 0 aliphatic heterocycles. The highest BCUT2D eigenvalue weighted by atomic mass is 79.9. The number of aryl methyl sites for hydroxylation is 1. The van der Waals surface area contributed by atoms with Crippen molar-refractivity contribution in [2.24, 2.45) is 0 Å². The molecule has 5 nitrogen and oxygen atoms in total. The molecule has 0 aromatic heterocycles. The predicted molar refractivity (Wildman–Crippen MR) is 97.3 cm³/mol. The Morgan fingerprint density at radius 1 is 1.04 bits per heavy atom. The number of halogens is 1. The minimum absolute atomic E-state index is 0.263. The maximum Gasteiger partial charge on any atom is 0.240 e. The van der Waals surface area contributed by atoms with Crippen LogP contribution in [0.3, 0.4) is 0 Å². The summed E-state index contributed by atoms with van der Waals surface area (Å²) in [5, 5.41) is 0. The third-order valence-electron chi connectivity index (χ3n) is 3.57. The number of benzene rings is 2. The van der Waals surface area contributed by atoms with Gasteiger partial charge in [-0.1, -0.05) is 33.6 Å². The third kappa shape index (κ3) is 4.49. The maximum absolute atomic E-state index is 12.3. The molecule has 2 aromatic carbocycles. The van der Waals surface area contributed by atoms with Crippen LogP contribution >= 0.6 is 15.9 Å². The Kier molecular flexibility index (Phi) is 6.26. The van der Waals surface area contributed by atoms with Crippen molar-refractivity contribution in [2.45, 2.75) is 18.2 Å². The van der Waals surface area contributed by atoms with Crippen molar-refractivity contribution in [3.8, 4) is 11.5 Å². The van der Waals surface area contributed by atoms with Crippen LogP contribution in [0.5, 0.6) is 11.5 Å². The van der Waals surface area contributed by atoms with E-state index in [9.17, 15) is 8.42 Å². The second-order valence-corrected chi connectivity index (χ2v) is 7.88. The predicted octanol–water partition coefficient (Wildman–Crippen LogP) is 3.30. The van der Waals surface area contributed by atoms with Crippen molar-refractivity contribution in [2.75, 3.05) is 20.8 Å². The van der Waals surface area contributed by atoms with E-state index in [0.29, 0.717) is 17.9 Å². The number of nitrogens with one attached hydrogen (secondary N) is 1. The van der Waals surface area contributed by atoms with Crippen molar-refractivity contribution in [3.63, 3.8) is 0 Å². The first-order valence-corrected chi connectivity index (χ1v) is 9.61. The molecule has 7 heteroatoms. The molecule has 0 fully saturated rings. The van der Waals surface area contributed by atoms with Crippen molar-refractivity contribution in [1.29, 1.82) is 0 Å². The summed E-state index contributed by atoms with van der Waals surface area (Å²) in [6.45, 7) is 2.20. The Balaban J connectivity index is 2.07. The normalized spacial score (nSPS) is 11.3. The van der Waals surface area contributed by atoms with Crippen LogP contribution in [0.1, 0.15) is 11.1 Å². The first-order chi connectivity index (χ1) is 11.4. The van der Waals surface area contributed by atoms with Gasteiger partial charge in [-0.3, -0.25) is 0 Å². The smallest absolute Gasteiger partial charge is 0.240 e. The number of hydrogen-bond acceptors (Lipinski definition) is 4. The minimum Gasteiger partial charge on any atom is -0.493 e. The van der Waals surface area contributed by atoms with Gasteiger partial charge in [-0.2, -0.15) is 0 Å². The first kappa shape index (κ1) is 18.8. The van der Waals surface area contributed by atoms with Crippen molar-refractivity contribution in [3.05, 3.63) is 52.0 Å². The molecule has 0 spiro atoms. The lowest BCUT2D eigenvalue weighted by atomic mass is 10.1. The molecule has 0 bridgehead atoms. The maximum atomic E-state index is 12.3. The van der Waals surface area contributed by atoms with Crippen LogP contribution < -0.4 is 14.2 Å². The second-order valence-electron chi connectivity index (χ2n) is 5.26. The van der Waals surface area contributed by atoms with Crippen LogP contribution in [0.4, 0.5) is 0 Å².